The molecule has 6 nitrogen and oxygen atoms in total. The molecule has 2 atom stereocenters. The Morgan fingerprint density at radius 3 is 2.43 bits per heavy atom. The Morgan fingerprint density at radius 1 is 1.19 bits per heavy atom. The third-order valence-corrected chi connectivity index (χ3v) is 3.20. The SMILES string of the molecule is NCCCCC(NC(=O)C(N)Cc1ccccc1)C(=O)O. The van der Waals surface area contributed by atoms with Gasteiger partial charge >= 0.3 is 5.97 Å². The second-order valence-electron chi connectivity index (χ2n) is 4.98. The lowest BCUT2D eigenvalue weighted by atomic mass is 10.0. The fraction of sp³-hybridized carbons (Fsp3) is 0.467. The normalized spacial score (nSPS) is 13.4. The van der Waals surface area contributed by atoms with Crippen molar-refractivity contribution < 1.29 is 14.7 Å². The van der Waals surface area contributed by atoms with Gasteiger partial charge in [-0.25, -0.2) is 4.79 Å². The van der Waals surface area contributed by atoms with E-state index in [0.29, 0.717) is 25.8 Å². The summed E-state index contributed by atoms with van der Waals surface area (Å²) in [6, 6.07) is 7.70. The Hall–Kier alpha value is -1.92. The van der Waals surface area contributed by atoms with Crippen LogP contribution < -0.4 is 16.8 Å². The molecular weight excluding hydrogens is 270 g/mol. The van der Waals surface area contributed by atoms with Crippen LogP contribution in [0, 0.1) is 0 Å². The van der Waals surface area contributed by atoms with Gasteiger partial charge in [-0.2, -0.15) is 0 Å². The van der Waals surface area contributed by atoms with Crippen molar-refractivity contribution >= 4 is 11.9 Å². The van der Waals surface area contributed by atoms with Gasteiger partial charge in [-0.3, -0.25) is 4.79 Å². The van der Waals surface area contributed by atoms with Crippen molar-refractivity contribution in [2.24, 2.45) is 11.5 Å². The van der Waals surface area contributed by atoms with Crippen LogP contribution in [0.4, 0.5) is 0 Å². The highest BCUT2D eigenvalue weighted by Gasteiger charge is 2.22. The van der Waals surface area contributed by atoms with E-state index in [9.17, 15) is 9.59 Å². The van der Waals surface area contributed by atoms with Crippen molar-refractivity contribution in [3.63, 3.8) is 0 Å². The smallest absolute Gasteiger partial charge is 0.326 e. The Balaban J connectivity index is 2.50. The minimum absolute atomic E-state index is 0.357. The van der Waals surface area contributed by atoms with Crippen molar-refractivity contribution in [3.8, 4) is 0 Å². The molecule has 0 heterocycles. The summed E-state index contributed by atoms with van der Waals surface area (Å²) in [6.45, 7) is 0.508. The molecule has 1 aromatic carbocycles. The molecule has 2 unspecified atom stereocenters. The molecule has 1 rings (SSSR count). The van der Waals surface area contributed by atoms with Gasteiger partial charge < -0.3 is 21.9 Å². The van der Waals surface area contributed by atoms with Crippen LogP contribution in [0.5, 0.6) is 0 Å². The molecule has 0 aliphatic heterocycles. The van der Waals surface area contributed by atoms with Gasteiger partial charge in [0, 0.05) is 0 Å². The molecule has 0 saturated heterocycles. The Labute approximate surface area is 124 Å². The fourth-order valence-corrected chi connectivity index (χ4v) is 1.99. The molecule has 1 amide bonds. The number of carbonyl (C=O) groups excluding carboxylic acids is 1. The van der Waals surface area contributed by atoms with E-state index in [1.54, 1.807) is 0 Å². The Morgan fingerprint density at radius 2 is 1.86 bits per heavy atom. The van der Waals surface area contributed by atoms with Crippen LogP contribution in [0.25, 0.3) is 0 Å². The van der Waals surface area contributed by atoms with E-state index in [2.05, 4.69) is 5.32 Å². The van der Waals surface area contributed by atoms with E-state index in [1.165, 1.54) is 0 Å². The maximum Gasteiger partial charge on any atom is 0.326 e. The number of hydrogen-bond acceptors (Lipinski definition) is 4. The van der Waals surface area contributed by atoms with E-state index in [0.717, 1.165) is 12.0 Å². The number of carbonyl (C=O) groups is 2. The van der Waals surface area contributed by atoms with Crippen LogP contribution in [0.1, 0.15) is 24.8 Å². The first-order valence-electron chi connectivity index (χ1n) is 7.07. The first-order valence-corrected chi connectivity index (χ1v) is 7.07. The molecule has 0 saturated carbocycles. The highest BCUT2D eigenvalue weighted by Crippen LogP contribution is 2.04. The summed E-state index contributed by atoms with van der Waals surface area (Å²) in [5.41, 5.74) is 12.1. The zero-order valence-corrected chi connectivity index (χ0v) is 12.0. The van der Waals surface area contributed by atoms with E-state index in [4.69, 9.17) is 16.6 Å². The lowest BCUT2D eigenvalue weighted by molar-refractivity contribution is -0.142. The molecule has 1 aromatic rings. The van der Waals surface area contributed by atoms with Gasteiger partial charge in [0.2, 0.25) is 5.91 Å². The van der Waals surface area contributed by atoms with Crippen LogP contribution in [-0.4, -0.2) is 35.6 Å². The first kappa shape index (κ1) is 17.1. The van der Waals surface area contributed by atoms with Crippen LogP contribution in [0.2, 0.25) is 0 Å². The molecule has 6 N–H and O–H groups in total. The highest BCUT2D eigenvalue weighted by atomic mass is 16.4. The number of aliphatic carboxylic acids is 1. The molecule has 6 heteroatoms. The molecule has 0 aliphatic carbocycles. The zero-order chi connectivity index (χ0) is 15.7. The van der Waals surface area contributed by atoms with E-state index >= 15 is 0 Å². The molecule has 0 fully saturated rings. The monoisotopic (exact) mass is 293 g/mol. The van der Waals surface area contributed by atoms with Gasteiger partial charge in [-0.05, 0) is 37.8 Å². The average Bonchev–Trinajstić information content (AvgIpc) is 2.47. The average molecular weight is 293 g/mol. The summed E-state index contributed by atoms with van der Waals surface area (Å²) in [5.74, 6) is -1.49. The summed E-state index contributed by atoms with van der Waals surface area (Å²) in [6.07, 6.45) is 2.12. The third-order valence-electron chi connectivity index (χ3n) is 3.20. The molecular formula is C15H23N3O3. The van der Waals surface area contributed by atoms with Crippen LogP contribution in [-0.2, 0) is 16.0 Å². The van der Waals surface area contributed by atoms with Gasteiger partial charge in [0.1, 0.15) is 6.04 Å². The lowest BCUT2D eigenvalue weighted by Gasteiger charge is -2.17. The third kappa shape index (κ3) is 6.37. The van der Waals surface area contributed by atoms with Gasteiger partial charge in [-0.15, -0.1) is 0 Å². The van der Waals surface area contributed by atoms with E-state index in [-0.39, 0.29) is 0 Å². The lowest BCUT2D eigenvalue weighted by Crippen LogP contribution is -2.49. The van der Waals surface area contributed by atoms with E-state index in [1.807, 2.05) is 30.3 Å². The Kier molecular flexibility index (Phi) is 7.42. The van der Waals surface area contributed by atoms with Crippen molar-refractivity contribution in [2.75, 3.05) is 6.54 Å². The largest absolute Gasteiger partial charge is 0.480 e. The fourth-order valence-electron chi connectivity index (χ4n) is 1.99. The van der Waals surface area contributed by atoms with Crippen molar-refractivity contribution in [2.45, 2.75) is 37.8 Å². The maximum atomic E-state index is 12.0. The van der Waals surface area contributed by atoms with Gasteiger partial charge in [0.15, 0.2) is 0 Å². The summed E-state index contributed by atoms with van der Waals surface area (Å²) in [5, 5.41) is 11.6. The number of amides is 1. The number of nitrogens with one attached hydrogen (secondary N) is 1. The van der Waals surface area contributed by atoms with E-state index < -0.39 is 24.0 Å². The molecule has 21 heavy (non-hydrogen) atoms. The molecule has 0 aromatic heterocycles. The summed E-state index contributed by atoms with van der Waals surface area (Å²) in [7, 11) is 0. The highest BCUT2D eigenvalue weighted by molar-refractivity contribution is 5.86. The van der Waals surface area contributed by atoms with Crippen molar-refractivity contribution in [1.29, 1.82) is 0 Å². The maximum absolute atomic E-state index is 12.0. The Bertz CT molecular complexity index is 451. The van der Waals surface area contributed by atoms with Crippen molar-refractivity contribution in [3.05, 3.63) is 35.9 Å². The minimum Gasteiger partial charge on any atom is -0.480 e. The molecule has 0 bridgehead atoms. The number of nitrogens with two attached hydrogens (primary N) is 2. The van der Waals surface area contributed by atoms with Crippen LogP contribution in [0.15, 0.2) is 30.3 Å². The molecule has 0 spiro atoms. The topological polar surface area (TPSA) is 118 Å². The minimum atomic E-state index is -1.05. The number of hydrogen-bond donors (Lipinski definition) is 4. The van der Waals surface area contributed by atoms with Gasteiger partial charge in [-0.1, -0.05) is 30.3 Å². The second kappa shape index (κ2) is 9.10. The van der Waals surface area contributed by atoms with Gasteiger partial charge in [0.25, 0.3) is 0 Å². The second-order valence-corrected chi connectivity index (χ2v) is 4.98. The summed E-state index contributed by atoms with van der Waals surface area (Å²) >= 11 is 0. The number of rotatable bonds is 9. The van der Waals surface area contributed by atoms with Crippen LogP contribution >= 0.6 is 0 Å². The number of carboxylic acid groups (broad SMARTS) is 1. The molecule has 116 valence electrons. The predicted molar refractivity (Wildman–Crippen MR) is 80.6 cm³/mol. The van der Waals surface area contributed by atoms with Crippen molar-refractivity contribution in [1.82, 2.24) is 5.32 Å². The predicted octanol–water partition coefficient (Wildman–Crippen LogP) is 0.255. The number of unbranched alkanes of at least 4 members (excludes halogenated alkanes) is 1. The number of benzene rings is 1. The van der Waals surface area contributed by atoms with Gasteiger partial charge in [0.05, 0.1) is 6.04 Å². The summed E-state index contributed by atoms with van der Waals surface area (Å²) in [4.78, 5) is 23.1. The summed E-state index contributed by atoms with van der Waals surface area (Å²) < 4.78 is 0. The molecule has 0 radical (unpaired) electrons. The first-order chi connectivity index (χ1) is 10.0. The quantitative estimate of drug-likeness (QED) is 0.487. The standard InChI is InChI=1S/C15H23N3O3/c16-9-5-4-8-13(15(20)21)18-14(19)12(17)10-11-6-2-1-3-7-11/h1-3,6-7,12-13H,4-5,8-10,16-17H2,(H,18,19)(H,20,21). The zero-order valence-electron chi connectivity index (χ0n) is 12.0. The van der Waals surface area contributed by atoms with Crippen LogP contribution in [0.3, 0.4) is 0 Å². The number of carboxylic acids is 1. The molecule has 0 aliphatic rings.